The SMILES string of the molecule is CCC(NC(=O)COc1ccc(Cl)cc1Cl)c1ccc2c(c1)CCCC2. The van der Waals surface area contributed by atoms with E-state index in [2.05, 4.69) is 30.4 Å². The number of halogens is 2. The van der Waals surface area contributed by atoms with Gasteiger partial charge >= 0.3 is 0 Å². The monoisotopic (exact) mass is 391 g/mol. The Kier molecular flexibility index (Phi) is 6.44. The van der Waals surface area contributed by atoms with Gasteiger partial charge in [-0.2, -0.15) is 0 Å². The number of amides is 1. The molecule has 0 aromatic heterocycles. The Bertz CT molecular complexity index is 792. The quantitative estimate of drug-likeness (QED) is 0.703. The van der Waals surface area contributed by atoms with Crippen molar-refractivity contribution in [2.24, 2.45) is 0 Å². The normalized spacial score (nSPS) is 14.4. The van der Waals surface area contributed by atoms with E-state index < -0.39 is 0 Å². The number of hydrogen-bond donors (Lipinski definition) is 1. The average Bonchev–Trinajstić information content (AvgIpc) is 2.65. The highest BCUT2D eigenvalue weighted by atomic mass is 35.5. The summed E-state index contributed by atoms with van der Waals surface area (Å²) in [6, 6.07) is 11.5. The summed E-state index contributed by atoms with van der Waals surface area (Å²) in [6.45, 7) is 1.99. The minimum Gasteiger partial charge on any atom is -0.482 e. The van der Waals surface area contributed by atoms with Crippen LogP contribution in [0, 0.1) is 0 Å². The molecule has 0 saturated carbocycles. The van der Waals surface area contributed by atoms with Gasteiger partial charge in [-0.25, -0.2) is 0 Å². The van der Waals surface area contributed by atoms with Crippen molar-refractivity contribution >= 4 is 29.1 Å². The molecule has 1 amide bonds. The summed E-state index contributed by atoms with van der Waals surface area (Å²) in [7, 11) is 0. The summed E-state index contributed by atoms with van der Waals surface area (Å²) < 4.78 is 5.52. The molecule has 2 aromatic rings. The van der Waals surface area contributed by atoms with Crippen molar-refractivity contribution in [1.82, 2.24) is 5.32 Å². The Balaban J connectivity index is 1.61. The summed E-state index contributed by atoms with van der Waals surface area (Å²) in [4.78, 5) is 12.3. The summed E-state index contributed by atoms with van der Waals surface area (Å²) in [6.07, 6.45) is 5.63. The second kappa shape index (κ2) is 8.79. The summed E-state index contributed by atoms with van der Waals surface area (Å²) >= 11 is 11.9. The lowest BCUT2D eigenvalue weighted by molar-refractivity contribution is -0.123. The van der Waals surface area contributed by atoms with E-state index in [1.165, 1.54) is 24.0 Å². The Morgan fingerprint density at radius 3 is 2.62 bits per heavy atom. The number of hydrogen-bond acceptors (Lipinski definition) is 2. The molecule has 1 atom stereocenters. The lowest BCUT2D eigenvalue weighted by Gasteiger charge is -2.22. The molecule has 1 aliphatic rings. The zero-order valence-electron chi connectivity index (χ0n) is 14.9. The van der Waals surface area contributed by atoms with E-state index in [0.717, 1.165) is 24.8 Å². The summed E-state index contributed by atoms with van der Waals surface area (Å²) in [5.41, 5.74) is 4.03. The van der Waals surface area contributed by atoms with E-state index in [9.17, 15) is 4.79 Å². The summed E-state index contributed by atoms with van der Waals surface area (Å²) in [5.74, 6) is 0.286. The van der Waals surface area contributed by atoms with Crippen LogP contribution in [-0.2, 0) is 17.6 Å². The minimum atomic E-state index is -0.166. The van der Waals surface area contributed by atoms with Crippen molar-refractivity contribution in [1.29, 1.82) is 0 Å². The lowest BCUT2D eigenvalue weighted by Crippen LogP contribution is -2.32. The molecular weight excluding hydrogens is 369 g/mol. The Hall–Kier alpha value is -1.71. The molecule has 2 aromatic carbocycles. The topological polar surface area (TPSA) is 38.3 Å². The van der Waals surface area contributed by atoms with Gasteiger partial charge in [0.25, 0.3) is 5.91 Å². The van der Waals surface area contributed by atoms with Gasteiger partial charge in [-0.3, -0.25) is 4.79 Å². The van der Waals surface area contributed by atoms with Crippen LogP contribution in [0.1, 0.15) is 48.9 Å². The van der Waals surface area contributed by atoms with Crippen LogP contribution < -0.4 is 10.1 Å². The van der Waals surface area contributed by atoms with Crippen LogP contribution in [-0.4, -0.2) is 12.5 Å². The molecule has 5 heteroatoms. The first-order valence-electron chi connectivity index (χ1n) is 9.05. The lowest BCUT2D eigenvalue weighted by atomic mass is 9.89. The standard InChI is InChI=1S/C21H23Cl2NO2/c1-2-19(16-8-7-14-5-3-4-6-15(14)11-16)24-21(25)13-26-20-10-9-17(22)12-18(20)23/h7-12,19H,2-6,13H2,1H3,(H,24,25). The number of fused-ring (bicyclic) bond motifs is 1. The van der Waals surface area contributed by atoms with E-state index in [-0.39, 0.29) is 18.6 Å². The maximum absolute atomic E-state index is 12.3. The molecule has 1 unspecified atom stereocenters. The summed E-state index contributed by atoms with van der Waals surface area (Å²) in [5, 5.41) is 3.99. The number of carbonyl (C=O) groups is 1. The van der Waals surface area contributed by atoms with Crippen molar-refractivity contribution in [2.75, 3.05) is 6.61 Å². The van der Waals surface area contributed by atoms with E-state index in [1.807, 2.05) is 0 Å². The third kappa shape index (κ3) is 4.72. The van der Waals surface area contributed by atoms with E-state index in [0.29, 0.717) is 15.8 Å². The van der Waals surface area contributed by atoms with Gasteiger partial charge in [0.15, 0.2) is 6.61 Å². The first-order chi connectivity index (χ1) is 12.6. The third-order valence-corrected chi connectivity index (χ3v) is 5.30. The maximum Gasteiger partial charge on any atom is 0.258 e. The molecule has 138 valence electrons. The van der Waals surface area contributed by atoms with Crippen LogP contribution >= 0.6 is 23.2 Å². The van der Waals surface area contributed by atoms with E-state index in [4.69, 9.17) is 27.9 Å². The predicted octanol–water partition coefficient (Wildman–Crippen LogP) is 5.52. The van der Waals surface area contributed by atoms with Crippen LogP contribution in [0.5, 0.6) is 5.75 Å². The second-order valence-corrected chi connectivity index (χ2v) is 7.47. The average molecular weight is 392 g/mol. The highest BCUT2D eigenvalue weighted by Crippen LogP contribution is 2.28. The molecular formula is C21H23Cl2NO2. The number of aryl methyl sites for hydroxylation is 2. The molecule has 0 heterocycles. The fourth-order valence-electron chi connectivity index (χ4n) is 3.36. The molecule has 0 saturated heterocycles. The Morgan fingerprint density at radius 1 is 1.12 bits per heavy atom. The fourth-order valence-corrected chi connectivity index (χ4v) is 3.83. The van der Waals surface area contributed by atoms with Gasteiger partial charge < -0.3 is 10.1 Å². The third-order valence-electron chi connectivity index (χ3n) is 4.77. The van der Waals surface area contributed by atoms with Crippen molar-refractivity contribution in [2.45, 2.75) is 45.1 Å². The molecule has 0 radical (unpaired) electrons. The zero-order chi connectivity index (χ0) is 18.5. The molecule has 0 aliphatic heterocycles. The maximum atomic E-state index is 12.3. The molecule has 26 heavy (non-hydrogen) atoms. The number of rotatable bonds is 6. The van der Waals surface area contributed by atoms with Crippen molar-refractivity contribution in [3.63, 3.8) is 0 Å². The minimum absolute atomic E-state index is 0.0148. The number of ether oxygens (including phenoxy) is 1. The van der Waals surface area contributed by atoms with Gasteiger partial charge in [0.05, 0.1) is 11.1 Å². The smallest absolute Gasteiger partial charge is 0.258 e. The Labute approximate surface area is 164 Å². The van der Waals surface area contributed by atoms with Crippen LogP contribution in [0.15, 0.2) is 36.4 Å². The molecule has 0 bridgehead atoms. The van der Waals surface area contributed by atoms with Crippen LogP contribution in [0.25, 0.3) is 0 Å². The fraction of sp³-hybridized carbons (Fsp3) is 0.381. The predicted molar refractivity (Wildman–Crippen MR) is 106 cm³/mol. The van der Waals surface area contributed by atoms with E-state index in [1.54, 1.807) is 18.2 Å². The van der Waals surface area contributed by atoms with Crippen molar-refractivity contribution < 1.29 is 9.53 Å². The number of carbonyl (C=O) groups excluding carboxylic acids is 1. The number of nitrogens with one attached hydrogen (secondary N) is 1. The molecule has 3 rings (SSSR count). The van der Waals surface area contributed by atoms with Crippen molar-refractivity contribution in [3.8, 4) is 5.75 Å². The zero-order valence-corrected chi connectivity index (χ0v) is 16.4. The largest absolute Gasteiger partial charge is 0.482 e. The highest BCUT2D eigenvalue weighted by Gasteiger charge is 2.16. The highest BCUT2D eigenvalue weighted by molar-refractivity contribution is 6.35. The van der Waals surface area contributed by atoms with Gasteiger partial charge in [-0.05, 0) is 67.0 Å². The molecule has 0 spiro atoms. The molecule has 1 N–H and O–H groups in total. The first kappa shape index (κ1) is 19.1. The van der Waals surface area contributed by atoms with E-state index >= 15 is 0 Å². The van der Waals surface area contributed by atoms with Crippen LogP contribution in [0.4, 0.5) is 0 Å². The molecule has 1 aliphatic carbocycles. The number of benzene rings is 2. The van der Waals surface area contributed by atoms with Crippen LogP contribution in [0.2, 0.25) is 10.0 Å². The molecule has 3 nitrogen and oxygen atoms in total. The van der Waals surface area contributed by atoms with Gasteiger partial charge in [0, 0.05) is 5.02 Å². The van der Waals surface area contributed by atoms with Gasteiger partial charge in [-0.1, -0.05) is 48.3 Å². The van der Waals surface area contributed by atoms with Gasteiger partial charge in [0.2, 0.25) is 0 Å². The van der Waals surface area contributed by atoms with Gasteiger partial charge in [0.1, 0.15) is 5.75 Å². The Morgan fingerprint density at radius 2 is 1.88 bits per heavy atom. The van der Waals surface area contributed by atoms with Crippen LogP contribution in [0.3, 0.4) is 0 Å². The second-order valence-electron chi connectivity index (χ2n) is 6.63. The molecule has 0 fully saturated rings. The van der Waals surface area contributed by atoms with Gasteiger partial charge in [-0.15, -0.1) is 0 Å². The van der Waals surface area contributed by atoms with Crippen molar-refractivity contribution in [3.05, 3.63) is 63.1 Å². The first-order valence-corrected chi connectivity index (χ1v) is 9.81.